The molecule has 0 amide bonds. The van der Waals surface area contributed by atoms with Crippen molar-refractivity contribution in [1.29, 1.82) is 0 Å². The molecule has 1 unspecified atom stereocenters. The second kappa shape index (κ2) is 7.28. The smallest absolute Gasteiger partial charge is 0.168 e. The molecule has 1 heterocycles. The second-order valence-electron chi connectivity index (χ2n) is 4.18. The van der Waals surface area contributed by atoms with Crippen LogP contribution in [0.2, 0.25) is 0 Å². The van der Waals surface area contributed by atoms with Crippen molar-refractivity contribution >= 4 is 21.8 Å². The van der Waals surface area contributed by atoms with Gasteiger partial charge < -0.3 is 9.73 Å². The first kappa shape index (κ1) is 15.7. The maximum atomic E-state index is 12.9. The van der Waals surface area contributed by atoms with E-state index >= 15 is 0 Å². The number of hydrogen-bond acceptors (Lipinski definition) is 2. The fourth-order valence-electron chi connectivity index (χ4n) is 1.47. The summed E-state index contributed by atoms with van der Waals surface area (Å²) in [6.07, 6.45) is 3.05. The van der Waals surface area contributed by atoms with Crippen LogP contribution in [0.1, 0.15) is 26.5 Å². The minimum absolute atomic E-state index is 0.00576. The van der Waals surface area contributed by atoms with E-state index in [0.717, 1.165) is 10.1 Å². The molecule has 0 spiro atoms. The summed E-state index contributed by atoms with van der Waals surface area (Å²) >= 11 is 3.36. The highest BCUT2D eigenvalue weighted by Gasteiger charge is 2.12. The first-order valence-corrected chi connectivity index (χ1v) is 6.72. The van der Waals surface area contributed by atoms with Gasteiger partial charge in [-0.15, -0.1) is 0 Å². The lowest BCUT2D eigenvalue weighted by Gasteiger charge is -2.17. The molecule has 0 saturated carbocycles. The van der Waals surface area contributed by atoms with Gasteiger partial charge in [-0.2, -0.15) is 0 Å². The third-order valence-electron chi connectivity index (χ3n) is 2.68. The van der Waals surface area contributed by atoms with E-state index < -0.39 is 0 Å². The molecule has 0 radical (unpaired) electrons. The Morgan fingerprint density at radius 1 is 1.53 bits per heavy atom. The number of furan rings is 1. The zero-order chi connectivity index (χ0) is 14.4. The van der Waals surface area contributed by atoms with Gasteiger partial charge in [0.25, 0.3) is 0 Å². The van der Waals surface area contributed by atoms with Gasteiger partial charge in [-0.05, 0) is 44.6 Å². The maximum absolute atomic E-state index is 12.9. The number of nitrogens with one attached hydrogen (secondary N) is 1. The number of halogens is 2. The van der Waals surface area contributed by atoms with E-state index in [1.165, 1.54) is 13.0 Å². The Morgan fingerprint density at radius 3 is 2.68 bits per heavy atom. The molecule has 3 nitrogen and oxygen atoms in total. The van der Waals surface area contributed by atoms with Crippen molar-refractivity contribution in [2.75, 3.05) is 7.05 Å². The van der Waals surface area contributed by atoms with Crippen molar-refractivity contribution < 1.29 is 8.81 Å². The van der Waals surface area contributed by atoms with E-state index in [1.54, 1.807) is 19.4 Å². The van der Waals surface area contributed by atoms with Crippen molar-refractivity contribution in [1.82, 2.24) is 5.32 Å². The zero-order valence-corrected chi connectivity index (χ0v) is 13.1. The number of amidine groups is 1. The first-order valence-electron chi connectivity index (χ1n) is 5.93. The Kier molecular flexibility index (Phi) is 6.02. The Bertz CT molecular complexity index is 500. The lowest BCUT2D eigenvalue weighted by Crippen LogP contribution is -2.34. The van der Waals surface area contributed by atoms with E-state index in [-0.39, 0.29) is 11.9 Å². The van der Waals surface area contributed by atoms with Crippen molar-refractivity contribution in [3.63, 3.8) is 0 Å². The predicted octanol–water partition coefficient (Wildman–Crippen LogP) is 4.18. The maximum Gasteiger partial charge on any atom is 0.168 e. The molecule has 0 aliphatic carbocycles. The zero-order valence-electron chi connectivity index (χ0n) is 11.5. The second-order valence-corrected chi connectivity index (χ2v) is 5.03. The average molecular weight is 329 g/mol. The molecule has 0 fully saturated rings. The summed E-state index contributed by atoms with van der Waals surface area (Å²) in [5.41, 5.74) is 0.977. The average Bonchev–Trinajstić information content (AvgIpc) is 2.87. The summed E-state index contributed by atoms with van der Waals surface area (Å²) in [6.45, 7) is 5.32. The minimum atomic E-state index is -0.242. The third kappa shape index (κ3) is 4.67. The monoisotopic (exact) mass is 328 g/mol. The Morgan fingerprint density at radius 2 is 2.21 bits per heavy atom. The van der Waals surface area contributed by atoms with Crippen LogP contribution >= 0.6 is 15.9 Å². The van der Waals surface area contributed by atoms with Crippen molar-refractivity contribution in [2.45, 2.75) is 26.8 Å². The molecule has 0 aliphatic heterocycles. The van der Waals surface area contributed by atoms with E-state index in [9.17, 15) is 4.39 Å². The van der Waals surface area contributed by atoms with Crippen LogP contribution in [0.15, 0.2) is 49.8 Å². The Hall–Kier alpha value is -1.36. The van der Waals surface area contributed by atoms with Crippen molar-refractivity contribution in [2.24, 2.45) is 4.99 Å². The van der Waals surface area contributed by atoms with Crippen LogP contribution in [0.3, 0.4) is 0 Å². The fourth-order valence-corrected chi connectivity index (χ4v) is 2.13. The summed E-state index contributed by atoms with van der Waals surface area (Å²) < 4.78 is 18.9. The van der Waals surface area contributed by atoms with E-state index in [1.807, 2.05) is 19.9 Å². The summed E-state index contributed by atoms with van der Waals surface area (Å²) in [6, 6.07) is 3.64. The SMILES string of the molecule is CN=C(NC(C)C(C)=C(Br)C=C(C)F)c1ccco1. The van der Waals surface area contributed by atoms with Gasteiger partial charge in [0.2, 0.25) is 0 Å². The lowest BCUT2D eigenvalue weighted by atomic mass is 10.1. The van der Waals surface area contributed by atoms with Crippen LogP contribution in [0.25, 0.3) is 0 Å². The quantitative estimate of drug-likeness (QED) is 0.511. The highest BCUT2D eigenvalue weighted by atomic mass is 79.9. The number of hydrogen-bond donors (Lipinski definition) is 1. The van der Waals surface area contributed by atoms with Gasteiger partial charge in [0, 0.05) is 17.6 Å². The molecular formula is C14H18BrFN2O. The molecule has 1 N–H and O–H groups in total. The third-order valence-corrected chi connectivity index (χ3v) is 3.54. The van der Waals surface area contributed by atoms with Gasteiger partial charge in [-0.3, -0.25) is 4.99 Å². The van der Waals surface area contributed by atoms with E-state index in [0.29, 0.717) is 11.6 Å². The summed E-state index contributed by atoms with van der Waals surface area (Å²) in [4.78, 5) is 4.16. The normalized spacial score (nSPS) is 16.1. The molecule has 0 aromatic carbocycles. The standard InChI is InChI=1S/C14H18BrFN2O/c1-9(16)8-12(15)10(2)11(3)18-14(17-4)13-6-5-7-19-13/h5-8,11H,1-4H3,(H,17,18). The van der Waals surface area contributed by atoms with Crippen molar-refractivity contribution in [3.05, 3.63) is 46.1 Å². The highest BCUT2D eigenvalue weighted by Crippen LogP contribution is 2.19. The van der Waals surface area contributed by atoms with Crippen LogP contribution in [-0.4, -0.2) is 18.9 Å². The molecule has 0 bridgehead atoms. The van der Waals surface area contributed by atoms with Gasteiger partial charge in [0.05, 0.1) is 12.1 Å². The molecule has 0 aliphatic rings. The van der Waals surface area contributed by atoms with Gasteiger partial charge in [0.1, 0.15) is 0 Å². The van der Waals surface area contributed by atoms with E-state index in [4.69, 9.17) is 4.42 Å². The Balaban J connectivity index is 2.85. The van der Waals surface area contributed by atoms with Crippen LogP contribution < -0.4 is 5.32 Å². The lowest BCUT2D eigenvalue weighted by molar-refractivity contribution is 0.551. The highest BCUT2D eigenvalue weighted by molar-refractivity contribution is 9.11. The topological polar surface area (TPSA) is 37.5 Å². The van der Waals surface area contributed by atoms with Gasteiger partial charge in [-0.25, -0.2) is 4.39 Å². The molecule has 104 valence electrons. The van der Waals surface area contributed by atoms with Crippen molar-refractivity contribution in [3.8, 4) is 0 Å². The minimum Gasteiger partial charge on any atom is -0.461 e. The molecule has 1 aromatic rings. The van der Waals surface area contributed by atoms with Crippen LogP contribution in [0.4, 0.5) is 4.39 Å². The van der Waals surface area contributed by atoms with Gasteiger partial charge >= 0.3 is 0 Å². The summed E-state index contributed by atoms with van der Waals surface area (Å²) in [5.74, 6) is 1.10. The van der Waals surface area contributed by atoms with Gasteiger partial charge in [-0.1, -0.05) is 15.9 Å². The molecule has 19 heavy (non-hydrogen) atoms. The first-order chi connectivity index (χ1) is 8.95. The summed E-state index contributed by atoms with van der Waals surface area (Å²) in [5, 5.41) is 3.24. The number of allylic oxidation sites excluding steroid dienone is 3. The van der Waals surface area contributed by atoms with Crippen LogP contribution in [-0.2, 0) is 0 Å². The largest absolute Gasteiger partial charge is 0.461 e. The number of rotatable bonds is 4. The van der Waals surface area contributed by atoms with E-state index in [2.05, 4.69) is 26.2 Å². The predicted molar refractivity (Wildman–Crippen MR) is 80.3 cm³/mol. The van der Waals surface area contributed by atoms with Crippen LogP contribution in [0.5, 0.6) is 0 Å². The molecule has 1 rings (SSSR count). The molecule has 1 aromatic heterocycles. The molecule has 1 atom stereocenters. The summed E-state index contributed by atoms with van der Waals surface area (Å²) in [7, 11) is 1.69. The Labute approximate surface area is 121 Å². The molecule has 0 saturated heterocycles. The van der Waals surface area contributed by atoms with Crippen LogP contribution in [0, 0.1) is 0 Å². The fraction of sp³-hybridized carbons (Fsp3) is 0.357. The molecular weight excluding hydrogens is 311 g/mol. The number of aliphatic imine (C=N–C) groups is 1. The molecule has 5 heteroatoms. The number of nitrogens with zero attached hydrogens (tertiary/aromatic N) is 1. The van der Waals surface area contributed by atoms with Gasteiger partial charge in [0.15, 0.2) is 11.6 Å².